The molecular weight excluding hydrogens is 188 g/mol. The van der Waals surface area contributed by atoms with Gasteiger partial charge >= 0.3 is 0 Å². The fraction of sp³-hybridized carbons (Fsp3) is 0.333. The zero-order chi connectivity index (χ0) is 11.1. The van der Waals surface area contributed by atoms with Gasteiger partial charge in [0.1, 0.15) is 5.69 Å². The molecule has 0 aliphatic heterocycles. The SMILES string of the molecule is C#CCN(CCC)C(=O)c1ccccn1. The van der Waals surface area contributed by atoms with Crippen LogP contribution in [0.3, 0.4) is 0 Å². The molecule has 1 amide bonds. The number of nitrogens with zero attached hydrogens (tertiary/aromatic N) is 2. The molecule has 0 aromatic carbocycles. The molecule has 3 heteroatoms. The predicted molar refractivity (Wildman–Crippen MR) is 59.3 cm³/mol. The first-order valence-electron chi connectivity index (χ1n) is 4.93. The van der Waals surface area contributed by atoms with E-state index in [1.54, 1.807) is 29.3 Å². The normalized spacial score (nSPS) is 9.33. The van der Waals surface area contributed by atoms with Gasteiger partial charge in [0.2, 0.25) is 0 Å². The number of hydrogen-bond donors (Lipinski definition) is 0. The molecule has 0 saturated heterocycles. The van der Waals surface area contributed by atoms with E-state index in [1.807, 2.05) is 6.92 Å². The number of carbonyl (C=O) groups is 1. The van der Waals surface area contributed by atoms with E-state index in [9.17, 15) is 4.79 Å². The molecule has 3 nitrogen and oxygen atoms in total. The van der Waals surface area contributed by atoms with Crippen molar-refractivity contribution in [2.45, 2.75) is 13.3 Å². The summed E-state index contributed by atoms with van der Waals surface area (Å²) in [6.07, 6.45) is 7.70. The van der Waals surface area contributed by atoms with Gasteiger partial charge in [0, 0.05) is 12.7 Å². The minimum atomic E-state index is -0.101. The van der Waals surface area contributed by atoms with Crippen molar-refractivity contribution in [2.24, 2.45) is 0 Å². The summed E-state index contributed by atoms with van der Waals surface area (Å²) >= 11 is 0. The van der Waals surface area contributed by atoms with Crippen molar-refractivity contribution in [2.75, 3.05) is 13.1 Å². The first-order chi connectivity index (χ1) is 7.29. The number of rotatable bonds is 4. The number of hydrogen-bond acceptors (Lipinski definition) is 2. The minimum absolute atomic E-state index is 0.101. The van der Waals surface area contributed by atoms with Crippen LogP contribution in [0.15, 0.2) is 24.4 Å². The van der Waals surface area contributed by atoms with Gasteiger partial charge in [0.15, 0.2) is 0 Å². The summed E-state index contributed by atoms with van der Waals surface area (Å²) in [5.74, 6) is 2.38. The first-order valence-corrected chi connectivity index (χ1v) is 4.93. The molecule has 0 fully saturated rings. The Hall–Kier alpha value is -1.82. The molecule has 0 aliphatic rings. The highest BCUT2D eigenvalue weighted by molar-refractivity contribution is 5.92. The van der Waals surface area contributed by atoms with Crippen molar-refractivity contribution in [1.82, 2.24) is 9.88 Å². The molecule has 78 valence electrons. The Balaban J connectivity index is 2.77. The van der Waals surface area contributed by atoms with Gasteiger partial charge in [0.25, 0.3) is 5.91 Å². The third kappa shape index (κ3) is 3.10. The molecule has 0 saturated carbocycles. The molecule has 0 N–H and O–H groups in total. The van der Waals surface area contributed by atoms with Crippen LogP contribution in [0.25, 0.3) is 0 Å². The molecule has 0 aliphatic carbocycles. The van der Waals surface area contributed by atoms with Crippen molar-refractivity contribution in [3.63, 3.8) is 0 Å². The van der Waals surface area contributed by atoms with Crippen LogP contribution in [0.5, 0.6) is 0 Å². The van der Waals surface area contributed by atoms with Crippen molar-refractivity contribution in [3.05, 3.63) is 30.1 Å². The highest BCUT2D eigenvalue weighted by atomic mass is 16.2. The molecule has 1 rings (SSSR count). The maximum Gasteiger partial charge on any atom is 0.273 e. The van der Waals surface area contributed by atoms with E-state index >= 15 is 0 Å². The van der Waals surface area contributed by atoms with Crippen molar-refractivity contribution < 1.29 is 4.79 Å². The second kappa shape index (κ2) is 5.82. The number of aromatic nitrogens is 1. The van der Waals surface area contributed by atoms with E-state index in [2.05, 4.69) is 10.9 Å². The lowest BCUT2D eigenvalue weighted by Gasteiger charge is -2.18. The summed E-state index contributed by atoms with van der Waals surface area (Å²) < 4.78 is 0. The standard InChI is InChI=1S/C12H14N2O/c1-3-9-14(10-4-2)12(15)11-7-5-6-8-13-11/h1,5-8H,4,9-10H2,2H3. The Morgan fingerprint density at radius 1 is 1.60 bits per heavy atom. The van der Waals surface area contributed by atoms with Crippen LogP contribution in [0.1, 0.15) is 23.8 Å². The van der Waals surface area contributed by atoms with Crippen LogP contribution in [-0.2, 0) is 0 Å². The van der Waals surface area contributed by atoms with Crippen LogP contribution < -0.4 is 0 Å². The second-order valence-corrected chi connectivity index (χ2v) is 3.15. The average Bonchev–Trinajstić information content (AvgIpc) is 2.29. The zero-order valence-electron chi connectivity index (χ0n) is 8.81. The van der Waals surface area contributed by atoms with E-state index in [0.717, 1.165) is 6.42 Å². The lowest BCUT2D eigenvalue weighted by atomic mass is 10.3. The Kier molecular flexibility index (Phi) is 4.36. The summed E-state index contributed by atoms with van der Waals surface area (Å²) in [5, 5.41) is 0. The number of amides is 1. The van der Waals surface area contributed by atoms with E-state index < -0.39 is 0 Å². The van der Waals surface area contributed by atoms with Gasteiger partial charge in [-0.2, -0.15) is 0 Å². The molecule has 0 atom stereocenters. The second-order valence-electron chi connectivity index (χ2n) is 3.15. The fourth-order valence-corrected chi connectivity index (χ4v) is 1.28. The van der Waals surface area contributed by atoms with Crippen molar-refractivity contribution in [3.8, 4) is 12.3 Å². The van der Waals surface area contributed by atoms with E-state index in [0.29, 0.717) is 18.8 Å². The number of terminal acetylenes is 1. The van der Waals surface area contributed by atoms with Gasteiger partial charge in [-0.1, -0.05) is 18.9 Å². The Morgan fingerprint density at radius 2 is 2.40 bits per heavy atom. The zero-order valence-corrected chi connectivity index (χ0v) is 8.81. The Morgan fingerprint density at radius 3 is 2.93 bits per heavy atom. The van der Waals surface area contributed by atoms with Gasteiger partial charge in [-0.05, 0) is 18.6 Å². The Labute approximate surface area is 90.1 Å². The molecule has 1 aromatic rings. The average molecular weight is 202 g/mol. The summed E-state index contributed by atoms with van der Waals surface area (Å²) in [6, 6.07) is 5.27. The Bertz CT molecular complexity index is 354. The molecule has 0 bridgehead atoms. The maximum atomic E-state index is 11.9. The van der Waals surface area contributed by atoms with E-state index in [4.69, 9.17) is 6.42 Å². The van der Waals surface area contributed by atoms with Crippen molar-refractivity contribution >= 4 is 5.91 Å². The highest BCUT2D eigenvalue weighted by Gasteiger charge is 2.14. The first kappa shape index (κ1) is 11.3. The topological polar surface area (TPSA) is 33.2 Å². The van der Waals surface area contributed by atoms with Gasteiger partial charge < -0.3 is 4.90 Å². The van der Waals surface area contributed by atoms with Crippen LogP contribution in [-0.4, -0.2) is 28.9 Å². The maximum absolute atomic E-state index is 11.9. The largest absolute Gasteiger partial charge is 0.326 e. The lowest BCUT2D eigenvalue weighted by Crippen LogP contribution is -2.32. The third-order valence-electron chi connectivity index (χ3n) is 1.95. The van der Waals surface area contributed by atoms with Gasteiger partial charge in [0.05, 0.1) is 6.54 Å². The summed E-state index contributed by atoms with van der Waals surface area (Å²) in [7, 11) is 0. The molecular formula is C12H14N2O. The van der Waals surface area contributed by atoms with E-state index in [-0.39, 0.29) is 5.91 Å². The van der Waals surface area contributed by atoms with Crippen LogP contribution in [0.4, 0.5) is 0 Å². The molecule has 1 heterocycles. The molecule has 1 aromatic heterocycles. The molecule has 0 radical (unpaired) electrons. The number of carbonyl (C=O) groups excluding carboxylic acids is 1. The highest BCUT2D eigenvalue weighted by Crippen LogP contribution is 2.01. The summed E-state index contributed by atoms with van der Waals surface area (Å²) in [6.45, 7) is 3.01. The predicted octanol–water partition coefficient (Wildman–Crippen LogP) is 1.57. The van der Waals surface area contributed by atoms with Gasteiger partial charge in [-0.3, -0.25) is 9.78 Å². The van der Waals surface area contributed by atoms with Crippen LogP contribution in [0, 0.1) is 12.3 Å². The summed E-state index contributed by atoms with van der Waals surface area (Å²) in [5.41, 5.74) is 0.446. The minimum Gasteiger partial charge on any atom is -0.326 e. The van der Waals surface area contributed by atoms with E-state index in [1.165, 1.54) is 0 Å². The fourth-order valence-electron chi connectivity index (χ4n) is 1.28. The van der Waals surface area contributed by atoms with Crippen LogP contribution >= 0.6 is 0 Å². The summed E-state index contributed by atoms with van der Waals surface area (Å²) in [4.78, 5) is 17.5. The monoisotopic (exact) mass is 202 g/mol. The number of pyridine rings is 1. The smallest absolute Gasteiger partial charge is 0.273 e. The van der Waals surface area contributed by atoms with Gasteiger partial charge in [-0.25, -0.2) is 0 Å². The molecule has 0 spiro atoms. The van der Waals surface area contributed by atoms with Gasteiger partial charge in [-0.15, -0.1) is 6.42 Å². The quantitative estimate of drug-likeness (QED) is 0.694. The van der Waals surface area contributed by atoms with Crippen LogP contribution in [0.2, 0.25) is 0 Å². The van der Waals surface area contributed by atoms with Crippen molar-refractivity contribution in [1.29, 1.82) is 0 Å². The molecule has 15 heavy (non-hydrogen) atoms. The molecule has 0 unspecified atom stereocenters. The third-order valence-corrected chi connectivity index (χ3v) is 1.95. The lowest BCUT2D eigenvalue weighted by molar-refractivity contribution is 0.0771.